The molecule has 0 bridgehead atoms. The molecule has 2 unspecified atom stereocenters. The van der Waals surface area contributed by atoms with Gasteiger partial charge in [-0.2, -0.15) is 0 Å². The van der Waals surface area contributed by atoms with Gasteiger partial charge in [0.1, 0.15) is 11.5 Å². The lowest BCUT2D eigenvalue weighted by Crippen LogP contribution is -2.46. The maximum Gasteiger partial charge on any atom is 0.232 e. The predicted molar refractivity (Wildman–Crippen MR) is 92.8 cm³/mol. The van der Waals surface area contributed by atoms with Crippen LogP contribution in [0.4, 0.5) is 0 Å². The molecule has 2 aliphatic heterocycles. The van der Waals surface area contributed by atoms with E-state index in [9.17, 15) is 9.59 Å². The fourth-order valence-corrected chi connectivity index (χ4v) is 4.16. The molecule has 2 aromatic rings. The Bertz CT molecular complexity index is 798. The Morgan fingerprint density at radius 1 is 1.28 bits per heavy atom. The predicted octanol–water partition coefficient (Wildman–Crippen LogP) is 2.54. The number of benzene rings is 1. The number of carbonyl (C=O) groups is 2. The van der Waals surface area contributed by atoms with Gasteiger partial charge in [0.25, 0.3) is 0 Å². The van der Waals surface area contributed by atoms with Crippen LogP contribution in [-0.4, -0.2) is 29.3 Å². The molecule has 2 fully saturated rings. The van der Waals surface area contributed by atoms with Gasteiger partial charge in [-0.05, 0) is 37.5 Å². The van der Waals surface area contributed by atoms with Crippen molar-refractivity contribution in [1.29, 1.82) is 0 Å². The van der Waals surface area contributed by atoms with Crippen LogP contribution in [0.3, 0.4) is 0 Å². The van der Waals surface area contributed by atoms with Crippen LogP contribution >= 0.6 is 0 Å². The molecule has 2 aliphatic rings. The molecular formula is C20H22N2O3. The number of aryl methyl sites for hydroxylation is 1. The van der Waals surface area contributed by atoms with Crippen molar-refractivity contribution in [1.82, 2.24) is 10.2 Å². The molecular weight excluding hydrogens is 316 g/mol. The van der Waals surface area contributed by atoms with Gasteiger partial charge < -0.3 is 14.6 Å². The first-order valence-corrected chi connectivity index (χ1v) is 8.77. The minimum absolute atomic E-state index is 0.0325. The third kappa shape index (κ3) is 2.73. The summed E-state index contributed by atoms with van der Waals surface area (Å²) in [6.07, 6.45) is 2.13. The van der Waals surface area contributed by atoms with Gasteiger partial charge in [0.2, 0.25) is 11.8 Å². The summed E-state index contributed by atoms with van der Waals surface area (Å²) >= 11 is 0. The van der Waals surface area contributed by atoms with Crippen molar-refractivity contribution < 1.29 is 14.0 Å². The number of carbonyl (C=O) groups excluding carboxylic acids is 2. The third-order valence-electron chi connectivity index (χ3n) is 5.46. The minimum Gasteiger partial charge on any atom is -0.465 e. The Balaban J connectivity index is 1.60. The quantitative estimate of drug-likeness (QED) is 0.932. The van der Waals surface area contributed by atoms with E-state index in [-0.39, 0.29) is 17.9 Å². The largest absolute Gasteiger partial charge is 0.465 e. The van der Waals surface area contributed by atoms with Gasteiger partial charge in [0.05, 0.1) is 12.0 Å². The zero-order valence-electron chi connectivity index (χ0n) is 14.3. The SMILES string of the molecule is Cc1ccc(CNC(=O)C2(c3ccccc3)CC3CCC(=O)N3C2)o1. The summed E-state index contributed by atoms with van der Waals surface area (Å²) in [7, 11) is 0. The molecule has 1 N–H and O–H groups in total. The van der Waals surface area contributed by atoms with Crippen LogP contribution < -0.4 is 5.32 Å². The average molecular weight is 338 g/mol. The first-order valence-electron chi connectivity index (χ1n) is 8.77. The summed E-state index contributed by atoms with van der Waals surface area (Å²) in [5, 5.41) is 3.03. The lowest BCUT2D eigenvalue weighted by Gasteiger charge is -2.28. The van der Waals surface area contributed by atoms with Gasteiger partial charge in [0.15, 0.2) is 0 Å². The molecule has 0 saturated carbocycles. The minimum atomic E-state index is -0.677. The molecule has 0 spiro atoms. The molecule has 2 atom stereocenters. The van der Waals surface area contributed by atoms with Gasteiger partial charge in [-0.25, -0.2) is 0 Å². The van der Waals surface area contributed by atoms with Gasteiger partial charge in [-0.3, -0.25) is 9.59 Å². The summed E-state index contributed by atoms with van der Waals surface area (Å²) in [4.78, 5) is 27.2. The topological polar surface area (TPSA) is 62.6 Å². The lowest BCUT2D eigenvalue weighted by molar-refractivity contribution is -0.129. The zero-order chi connectivity index (χ0) is 17.4. The molecule has 2 amide bonds. The summed E-state index contributed by atoms with van der Waals surface area (Å²) in [5.74, 6) is 1.70. The van der Waals surface area contributed by atoms with Crippen LogP contribution in [0.25, 0.3) is 0 Å². The van der Waals surface area contributed by atoms with Crippen LogP contribution in [0.1, 0.15) is 36.3 Å². The smallest absolute Gasteiger partial charge is 0.232 e. The van der Waals surface area contributed by atoms with E-state index in [4.69, 9.17) is 4.42 Å². The Hall–Kier alpha value is -2.56. The first kappa shape index (κ1) is 15.9. The van der Waals surface area contributed by atoms with Crippen LogP contribution in [0.5, 0.6) is 0 Å². The third-order valence-corrected chi connectivity index (χ3v) is 5.46. The van der Waals surface area contributed by atoms with Crippen molar-refractivity contribution in [3.63, 3.8) is 0 Å². The molecule has 1 aromatic heterocycles. The Kier molecular flexibility index (Phi) is 3.86. The number of nitrogens with one attached hydrogen (secondary N) is 1. The van der Waals surface area contributed by atoms with Gasteiger partial charge >= 0.3 is 0 Å². The maximum absolute atomic E-state index is 13.2. The molecule has 25 heavy (non-hydrogen) atoms. The van der Waals surface area contributed by atoms with Crippen LogP contribution in [0.2, 0.25) is 0 Å². The molecule has 5 nitrogen and oxygen atoms in total. The number of nitrogens with zero attached hydrogens (tertiary/aromatic N) is 1. The Morgan fingerprint density at radius 2 is 2.08 bits per heavy atom. The highest BCUT2D eigenvalue weighted by molar-refractivity contribution is 5.91. The van der Waals surface area contributed by atoms with E-state index < -0.39 is 5.41 Å². The molecule has 4 rings (SSSR count). The zero-order valence-corrected chi connectivity index (χ0v) is 14.3. The molecule has 0 radical (unpaired) electrons. The van der Waals surface area contributed by atoms with E-state index in [2.05, 4.69) is 5.32 Å². The molecule has 130 valence electrons. The fourth-order valence-electron chi connectivity index (χ4n) is 4.16. The van der Waals surface area contributed by atoms with E-state index >= 15 is 0 Å². The lowest BCUT2D eigenvalue weighted by atomic mass is 9.77. The second kappa shape index (κ2) is 6.06. The first-order chi connectivity index (χ1) is 12.1. The van der Waals surface area contributed by atoms with Crippen molar-refractivity contribution in [2.75, 3.05) is 6.54 Å². The van der Waals surface area contributed by atoms with Crippen LogP contribution in [0.15, 0.2) is 46.9 Å². The van der Waals surface area contributed by atoms with E-state index in [0.29, 0.717) is 25.9 Å². The normalized spacial score (nSPS) is 25.2. The Morgan fingerprint density at radius 3 is 2.76 bits per heavy atom. The summed E-state index contributed by atoms with van der Waals surface area (Å²) in [6.45, 7) is 2.71. The molecule has 1 aromatic carbocycles. The van der Waals surface area contributed by atoms with E-state index in [1.165, 1.54) is 0 Å². The van der Waals surface area contributed by atoms with Gasteiger partial charge in [-0.1, -0.05) is 30.3 Å². The fraction of sp³-hybridized carbons (Fsp3) is 0.400. The second-order valence-electron chi connectivity index (χ2n) is 7.06. The molecule has 3 heterocycles. The van der Waals surface area contributed by atoms with Gasteiger partial charge in [0, 0.05) is 19.0 Å². The van der Waals surface area contributed by atoms with E-state index in [0.717, 1.165) is 23.5 Å². The number of amides is 2. The van der Waals surface area contributed by atoms with Crippen molar-refractivity contribution in [3.05, 3.63) is 59.5 Å². The number of hydrogen-bond acceptors (Lipinski definition) is 3. The molecule has 0 aliphatic carbocycles. The van der Waals surface area contributed by atoms with E-state index in [1.54, 1.807) is 0 Å². The second-order valence-corrected chi connectivity index (χ2v) is 7.06. The van der Waals surface area contributed by atoms with Crippen molar-refractivity contribution in [2.45, 2.75) is 44.2 Å². The summed E-state index contributed by atoms with van der Waals surface area (Å²) in [6, 6.07) is 13.8. The highest BCUT2D eigenvalue weighted by Gasteiger charge is 2.53. The van der Waals surface area contributed by atoms with Crippen LogP contribution in [-0.2, 0) is 21.5 Å². The highest BCUT2D eigenvalue weighted by Crippen LogP contribution is 2.43. The summed E-state index contributed by atoms with van der Waals surface area (Å²) < 4.78 is 5.55. The molecule has 2 saturated heterocycles. The summed E-state index contributed by atoms with van der Waals surface area (Å²) in [5.41, 5.74) is 0.300. The van der Waals surface area contributed by atoms with E-state index in [1.807, 2.05) is 54.3 Å². The number of furan rings is 1. The standard InChI is InChI=1S/C20H22N2O3/c1-14-7-9-17(25-14)12-21-19(24)20(15-5-3-2-4-6-15)11-16-8-10-18(23)22(16)13-20/h2-7,9,16H,8,10-13H2,1H3,(H,21,24). The number of fused-ring (bicyclic) bond motifs is 1. The van der Waals surface area contributed by atoms with Crippen molar-refractivity contribution in [3.8, 4) is 0 Å². The number of rotatable bonds is 4. The van der Waals surface area contributed by atoms with Crippen LogP contribution in [0, 0.1) is 6.92 Å². The van der Waals surface area contributed by atoms with Crippen molar-refractivity contribution in [2.24, 2.45) is 0 Å². The highest BCUT2D eigenvalue weighted by atomic mass is 16.3. The average Bonchev–Trinajstić information content (AvgIpc) is 3.30. The maximum atomic E-state index is 13.2. The molecule has 5 heteroatoms. The number of hydrogen-bond donors (Lipinski definition) is 1. The monoisotopic (exact) mass is 338 g/mol. The van der Waals surface area contributed by atoms with Crippen molar-refractivity contribution >= 4 is 11.8 Å². The van der Waals surface area contributed by atoms with Gasteiger partial charge in [-0.15, -0.1) is 0 Å². The Labute approximate surface area is 147 Å².